The summed E-state index contributed by atoms with van der Waals surface area (Å²) in [5.74, 6) is -0.463. The number of carboxylic acid groups (broad SMARTS) is 1. The van der Waals surface area contributed by atoms with Crippen LogP contribution in [0.2, 0.25) is 0 Å². The third-order valence-corrected chi connectivity index (χ3v) is 4.22. The second kappa shape index (κ2) is 10.4. The van der Waals surface area contributed by atoms with Gasteiger partial charge in [0.1, 0.15) is 5.82 Å². The third kappa shape index (κ3) is 5.18. The number of rotatable bonds is 6. The topological polar surface area (TPSA) is 110 Å². The zero-order valence-corrected chi connectivity index (χ0v) is 18.6. The highest BCUT2D eigenvalue weighted by Gasteiger charge is 2.13. The number of aromatic nitrogens is 2. The molecule has 4 N–H and O–H groups in total. The van der Waals surface area contributed by atoms with Gasteiger partial charge in [0.2, 0.25) is 0 Å². The molecule has 1 heterocycles. The van der Waals surface area contributed by atoms with E-state index in [1.165, 1.54) is 0 Å². The van der Waals surface area contributed by atoms with Gasteiger partial charge in [0.25, 0.3) is 5.91 Å². The Morgan fingerprint density at radius 3 is 2.43 bits per heavy atom. The molecule has 0 aliphatic carbocycles. The molecule has 0 fully saturated rings. The minimum atomic E-state index is -0.948. The van der Waals surface area contributed by atoms with Crippen LogP contribution in [0.5, 0.6) is 0 Å². The minimum absolute atomic E-state index is 0. The zero-order chi connectivity index (χ0) is 18.7. The molecule has 7 nitrogen and oxygen atoms in total. The number of nitrogens with one attached hydrogen (secondary N) is 1. The number of carboxylic acids is 1. The summed E-state index contributed by atoms with van der Waals surface area (Å²) in [4.78, 5) is 27.3. The van der Waals surface area contributed by atoms with Gasteiger partial charge in [-0.1, -0.05) is 24.3 Å². The number of hydrogen-bond acceptors (Lipinski definition) is 4. The lowest BCUT2D eigenvalue weighted by Crippen LogP contribution is -2.25. The van der Waals surface area contributed by atoms with Crippen LogP contribution in [-0.2, 0) is 18.4 Å². The maximum absolute atomic E-state index is 12.2. The SMILES string of the molecule is Br.Br.Cn1c(-c2ccc(CN)cc2)nc2cc(C(=O)NCCC(=O)O)ccc21. The zero-order valence-electron chi connectivity index (χ0n) is 15.2. The quantitative estimate of drug-likeness (QED) is 0.469. The first kappa shape index (κ1) is 23.8. The van der Waals surface area contributed by atoms with Crippen LogP contribution in [0.15, 0.2) is 42.5 Å². The van der Waals surface area contributed by atoms with Crippen molar-refractivity contribution in [1.29, 1.82) is 0 Å². The van der Waals surface area contributed by atoms with Crippen molar-refractivity contribution in [2.75, 3.05) is 6.54 Å². The molecular formula is C19H22Br2N4O3. The summed E-state index contributed by atoms with van der Waals surface area (Å²) in [5.41, 5.74) is 9.71. The summed E-state index contributed by atoms with van der Waals surface area (Å²) < 4.78 is 1.97. The number of imidazole rings is 1. The van der Waals surface area contributed by atoms with Crippen molar-refractivity contribution in [2.24, 2.45) is 12.8 Å². The van der Waals surface area contributed by atoms with Gasteiger partial charge in [-0.25, -0.2) is 4.98 Å². The van der Waals surface area contributed by atoms with Crippen molar-refractivity contribution >= 4 is 56.9 Å². The van der Waals surface area contributed by atoms with Crippen LogP contribution in [-0.4, -0.2) is 33.1 Å². The summed E-state index contributed by atoms with van der Waals surface area (Å²) in [6, 6.07) is 13.1. The summed E-state index contributed by atoms with van der Waals surface area (Å²) in [7, 11) is 1.92. The van der Waals surface area contributed by atoms with Gasteiger partial charge < -0.3 is 20.7 Å². The number of amides is 1. The number of aliphatic carboxylic acids is 1. The molecule has 1 amide bonds. The molecule has 2 aromatic carbocycles. The van der Waals surface area contributed by atoms with Gasteiger partial charge in [0.05, 0.1) is 17.5 Å². The van der Waals surface area contributed by atoms with Gasteiger partial charge in [-0.2, -0.15) is 0 Å². The van der Waals surface area contributed by atoms with Crippen LogP contribution >= 0.6 is 34.0 Å². The van der Waals surface area contributed by atoms with Crippen LogP contribution in [0.1, 0.15) is 22.3 Å². The van der Waals surface area contributed by atoms with E-state index in [2.05, 4.69) is 10.3 Å². The lowest BCUT2D eigenvalue weighted by atomic mass is 10.1. The molecule has 0 aliphatic rings. The molecule has 3 aromatic rings. The predicted molar refractivity (Wildman–Crippen MR) is 119 cm³/mol. The number of hydrogen-bond donors (Lipinski definition) is 3. The summed E-state index contributed by atoms with van der Waals surface area (Å²) in [6.45, 7) is 0.580. The van der Waals surface area contributed by atoms with Gasteiger partial charge in [-0.3, -0.25) is 9.59 Å². The van der Waals surface area contributed by atoms with Crippen molar-refractivity contribution in [3.8, 4) is 11.4 Å². The smallest absolute Gasteiger partial charge is 0.305 e. The molecule has 0 spiro atoms. The fourth-order valence-electron chi connectivity index (χ4n) is 2.77. The molecule has 1 aromatic heterocycles. The summed E-state index contributed by atoms with van der Waals surface area (Å²) in [5, 5.41) is 11.2. The van der Waals surface area contributed by atoms with E-state index in [0.717, 1.165) is 22.5 Å². The number of carbonyl (C=O) groups excluding carboxylic acids is 1. The normalized spacial score (nSPS) is 10.1. The molecule has 3 rings (SSSR count). The third-order valence-electron chi connectivity index (χ3n) is 4.22. The average molecular weight is 514 g/mol. The molecular weight excluding hydrogens is 492 g/mol. The first-order chi connectivity index (χ1) is 12.5. The Morgan fingerprint density at radius 2 is 1.82 bits per heavy atom. The summed E-state index contributed by atoms with van der Waals surface area (Å²) in [6.07, 6.45) is -0.111. The van der Waals surface area contributed by atoms with Gasteiger partial charge in [0.15, 0.2) is 0 Å². The van der Waals surface area contributed by atoms with E-state index in [9.17, 15) is 9.59 Å². The van der Waals surface area contributed by atoms with E-state index in [1.54, 1.807) is 12.1 Å². The first-order valence-electron chi connectivity index (χ1n) is 8.25. The van der Waals surface area contributed by atoms with E-state index < -0.39 is 5.97 Å². The molecule has 150 valence electrons. The number of nitrogens with two attached hydrogens (primary N) is 1. The van der Waals surface area contributed by atoms with Gasteiger partial charge in [-0.15, -0.1) is 34.0 Å². The van der Waals surface area contributed by atoms with Gasteiger partial charge >= 0.3 is 5.97 Å². The second-order valence-electron chi connectivity index (χ2n) is 6.00. The monoisotopic (exact) mass is 512 g/mol. The minimum Gasteiger partial charge on any atom is -0.481 e. The van der Waals surface area contributed by atoms with Crippen LogP contribution in [0.3, 0.4) is 0 Å². The largest absolute Gasteiger partial charge is 0.481 e. The highest BCUT2D eigenvalue weighted by atomic mass is 79.9. The Kier molecular flexibility index (Phi) is 8.80. The van der Waals surface area contributed by atoms with Crippen LogP contribution < -0.4 is 11.1 Å². The van der Waals surface area contributed by atoms with Crippen molar-refractivity contribution in [1.82, 2.24) is 14.9 Å². The maximum atomic E-state index is 12.2. The number of nitrogens with zero attached hydrogens (tertiary/aromatic N) is 2. The average Bonchev–Trinajstić information content (AvgIpc) is 2.97. The maximum Gasteiger partial charge on any atom is 0.305 e. The number of benzene rings is 2. The fourth-order valence-corrected chi connectivity index (χ4v) is 2.77. The number of carbonyl (C=O) groups is 2. The molecule has 0 unspecified atom stereocenters. The lowest BCUT2D eigenvalue weighted by molar-refractivity contribution is -0.136. The van der Waals surface area contributed by atoms with Crippen molar-refractivity contribution in [3.63, 3.8) is 0 Å². The molecule has 0 bridgehead atoms. The van der Waals surface area contributed by atoms with E-state index in [-0.39, 0.29) is 52.8 Å². The fraction of sp³-hybridized carbons (Fsp3) is 0.211. The van der Waals surface area contributed by atoms with E-state index >= 15 is 0 Å². The van der Waals surface area contributed by atoms with Crippen molar-refractivity contribution < 1.29 is 14.7 Å². The Balaban J connectivity index is 0.00000196. The molecule has 0 atom stereocenters. The second-order valence-corrected chi connectivity index (χ2v) is 6.00. The number of fused-ring (bicyclic) bond motifs is 1. The predicted octanol–water partition coefficient (Wildman–Crippen LogP) is 3.06. The Bertz CT molecular complexity index is 971. The molecule has 28 heavy (non-hydrogen) atoms. The van der Waals surface area contributed by atoms with Crippen molar-refractivity contribution in [2.45, 2.75) is 13.0 Å². The lowest BCUT2D eigenvalue weighted by Gasteiger charge is -2.04. The Morgan fingerprint density at radius 1 is 1.14 bits per heavy atom. The van der Waals surface area contributed by atoms with Gasteiger partial charge in [0, 0.05) is 31.3 Å². The number of halogens is 2. The Labute approximate surface area is 183 Å². The molecule has 9 heteroatoms. The summed E-state index contributed by atoms with van der Waals surface area (Å²) >= 11 is 0. The van der Waals surface area contributed by atoms with Crippen LogP contribution in [0.25, 0.3) is 22.4 Å². The van der Waals surface area contributed by atoms with Gasteiger partial charge in [-0.05, 0) is 23.8 Å². The highest BCUT2D eigenvalue weighted by Crippen LogP contribution is 2.24. The first-order valence-corrected chi connectivity index (χ1v) is 8.25. The van der Waals surface area contributed by atoms with E-state index in [4.69, 9.17) is 10.8 Å². The molecule has 0 radical (unpaired) electrons. The van der Waals surface area contributed by atoms with Crippen LogP contribution in [0.4, 0.5) is 0 Å². The number of aryl methyl sites for hydroxylation is 1. The molecule has 0 saturated heterocycles. The highest BCUT2D eigenvalue weighted by molar-refractivity contribution is 8.93. The van der Waals surface area contributed by atoms with E-state index in [0.29, 0.717) is 17.6 Å². The molecule has 0 saturated carbocycles. The Hall–Kier alpha value is -2.23. The van der Waals surface area contributed by atoms with Crippen LogP contribution in [0, 0.1) is 0 Å². The van der Waals surface area contributed by atoms with Crippen molar-refractivity contribution in [3.05, 3.63) is 53.6 Å². The standard InChI is InChI=1S/C19H20N4O3.2BrH/c1-23-16-7-6-14(19(26)21-9-8-17(24)25)10-15(16)22-18(23)13-4-2-12(11-20)3-5-13;;/h2-7,10H,8-9,11,20H2,1H3,(H,21,26)(H,24,25);2*1H. The molecule has 0 aliphatic heterocycles. The van der Waals surface area contributed by atoms with E-state index in [1.807, 2.05) is 41.9 Å².